The van der Waals surface area contributed by atoms with Crippen LogP contribution in [0.1, 0.15) is 20.8 Å². The molecule has 148 valence electrons. The highest BCUT2D eigenvalue weighted by Gasteiger charge is 2.39. The van der Waals surface area contributed by atoms with Gasteiger partial charge in [-0.25, -0.2) is 4.79 Å². The lowest BCUT2D eigenvalue weighted by atomic mass is 9.99. The van der Waals surface area contributed by atoms with E-state index in [9.17, 15) is 19.7 Å². The highest BCUT2D eigenvalue weighted by atomic mass is 32.1. The molecule has 0 N–H and O–H groups in total. The van der Waals surface area contributed by atoms with E-state index in [4.69, 9.17) is 14.2 Å². The van der Waals surface area contributed by atoms with Crippen molar-refractivity contribution in [1.29, 1.82) is 0 Å². The molecular weight excluding hydrogens is 388 g/mol. The minimum absolute atomic E-state index is 0.133. The first-order valence-corrected chi connectivity index (χ1v) is 9.13. The molecule has 3 rings (SSSR count). The molecule has 0 saturated heterocycles. The smallest absolute Gasteiger partial charge is 0.328 e. The summed E-state index contributed by atoms with van der Waals surface area (Å²) < 4.78 is 15.1. The van der Waals surface area contributed by atoms with Crippen molar-refractivity contribution in [3.63, 3.8) is 0 Å². The first-order chi connectivity index (χ1) is 13.4. The minimum atomic E-state index is -0.864. The lowest BCUT2D eigenvalue weighted by Gasteiger charge is -2.33. The average molecular weight is 406 g/mol. The second-order valence-electron chi connectivity index (χ2n) is 6.03. The third-order valence-electron chi connectivity index (χ3n) is 4.60. The van der Waals surface area contributed by atoms with Gasteiger partial charge in [0.1, 0.15) is 11.6 Å². The Morgan fingerprint density at radius 2 is 1.89 bits per heavy atom. The first kappa shape index (κ1) is 19.6. The number of ether oxygens (including phenoxy) is 3. The number of benzene rings is 1. The predicted molar refractivity (Wildman–Crippen MR) is 99.9 cm³/mol. The number of hydrogen-bond acceptors (Lipinski definition) is 8. The van der Waals surface area contributed by atoms with Gasteiger partial charge in [0, 0.05) is 23.9 Å². The molecule has 0 aliphatic carbocycles. The van der Waals surface area contributed by atoms with E-state index >= 15 is 0 Å². The largest absolute Gasteiger partial charge is 0.493 e. The van der Waals surface area contributed by atoms with Gasteiger partial charge in [-0.05, 0) is 17.0 Å². The number of nitrogens with zero attached hydrogens (tertiary/aromatic N) is 2. The van der Waals surface area contributed by atoms with E-state index in [2.05, 4.69) is 0 Å². The topological polar surface area (TPSA) is 108 Å². The van der Waals surface area contributed by atoms with Crippen molar-refractivity contribution in [2.45, 2.75) is 19.0 Å². The second kappa shape index (κ2) is 7.85. The maximum Gasteiger partial charge on any atom is 0.328 e. The molecule has 10 heteroatoms. The SMILES string of the molecule is COC(=O)[C@@H]1Cc2sccc2CN1C(=O)c1cc(OC)c(OC)cc1[N+](=O)[O-]. The van der Waals surface area contributed by atoms with Gasteiger partial charge >= 0.3 is 5.97 Å². The van der Waals surface area contributed by atoms with Crippen molar-refractivity contribution < 1.29 is 28.7 Å². The summed E-state index contributed by atoms with van der Waals surface area (Å²) in [4.78, 5) is 38.8. The van der Waals surface area contributed by atoms with Crippen molar-refractivity contribution in [3.8, 4) is 11.5 Å². The molecule has 0 unspecified atom stereocenters. The van der Waals surface area contributed by atoms with Gasteiger partial charge in [0.2, 0.25) is 0 Å². The van der Waals surface area contributed by atoms with Crippen LogP contribution in [0.5, 0.6) is 11.5 Å². The van der Waals surface area contributed by atoms with Gasteiger partial charge < -0.3 is 19.1 Å². The van der Waals surface area contributed by atoms with Crippen LogP contribution in [-0.4, -0.2) is 49.1 Å². The number of amides is 1. The number of hydrogen-bond donors (Lipinski definition) is 0. The molecule has 1 amide bonds. The highest BCUT2D eigenvalue weighted by Crippen LogP contribution is 2.37. The minimum Gasteiger partial charge on any atom is -0.493 e. The molecular formula is C18H18N2O7S. The van der Waals surface area contributed by atoms with E-state index in [1.807, 2.05) is 11.4 Å². The number of esters is 1. The van der Waals surface area contributed by atoms with Gasteiger partial charge in [0.05, 0.1) is 32.3 Å². The van der Waals surface area contributed by atoms with Gasteiger partial charge in [-0.3, -0.25) is 14.9 Å². The fourth-order valence-corrected chi connectivity index (χ4v) is 4.11. The second-order valence-corrected chi connectivity index (χ2v) is 7.03. The molecule has 9 nitrogen and oxygen atoms in total. The Bertz CT molecular complexity index is 940. The third-order valence-corrected chi connectivity index (χ3v) is 5.58. The molecule has 1 atom stereocenters. The number of fused-ring (bicyclic) bond motifs is 1. The van der Waals surface area contributed by atoms with E-state index in [0.29, 0.717) is 6.42 Å². The molecule has 28 heavy (non-hydrogen) atoms. The third kappa shape index (κ3) is 3.38. The summed E-state index contributed by atoms with van der Waals surface area (Å²) in [6.45, 7) is 0.156. The summed E-state index contributed by atoms with van der Waals surface area (Å²) in [5.74, 6) is -0.913. The zero-order valence-electron chi connectivity index (χ0n) is 15.5. The Hall–Kier alpha value is -3.14. The number of carbonyl (C=O) groups excluding carboxylic acids is 2. The van der Waals surface area contributed by atoms with Crippen LogP contribution >= 0.6 is 11.3 Å². The molecule has 0 bridgehead atoms. The van der Waals surface area contributed by atoms with Crippen LogP contribution in [-0.2, 0) is 22.5 Å². The van der Waals surface area contributed by atoms with E-state index in [1.165, 1.54) is 43.6 Å². The fraction of sp³-hybridized carbons (Fsp3) is 0.333. The zero-order valence-corrected chi connectivity index (χ0v) is 16.3. The van der Waals surface area contributed by atoms with Gasteiger partial charge in [-0.2, -0.15) is 0 Å². The zero-order chi connectivity index (χ0) is 20.4. The monoisotopic (exact) mass is 406 g/mol. The van der Waals surface area contributed by atoms with E-state index in [1.54, 1.807) is 0 Å². The van der Waals surface area contributed by atoms with Crippen LogP contribution in [0.25, 0.3) is 0 Å². The number of methoxy groups -OCH3 is 3. The van der Waals surface area contributed by atoms with Crippen molar-refractivity contribution in [3.05, 3.63) is 49.7 Å². The average Bonchev–Trinajstić information content (AvgIpc) is 3.17. The van der Waals surface area contributed by atoms with Gasteiger partial charge in [-0.15, -0.1) is 11.3 Å². The molecule has 1 aromatic heterocycles. The van der Waals surface area contributed by atoms with Crippen LogP contribution in [0.2, 0.25) is 0 Å². The molecule has 0 spiro atoms. The lowest BCUT2D eigenvalue weighted by molar-refractivity contribution is -0.385. The molecule has 1 aliphatic rings. The van der Waals surface area contributed by atoms with Gasteiger partial charge in [-0.1, -0.05) is 0 Å². The van der Waals surface area contributed by atoms with Crippen molar-refractivity contribution in [2.75, 3.05) is 21.3 Å². The van der Waals surface area contributed by atoms with Crippen molar-refractivity contribution in [2.24, 2.45) is 0 Å². The normalized spacial score (nSPS) is 15.5. The Kier molecular flexibility index (Phi) is 5.50. The molecule has 2 heterocycles. The summed E-state index contributed by atoms with van der Waals surface area (Å²) in [6, 6.07) is 3.41. The molecule has 0 fully saturated rings. The summed E-state index contributed by atoms with van der Waals surface area (Å²) >= 11 is 1.50. The van der Waals surface area contributed by atoms with Crippen LogP contribution in [0, 0.1) is 10.1 Å². The van der Waals surface area contributed by atoms with Gasteiger partial charge in [0.15, 0.2) is 11.5 Å². The van der Waals surface area contributed by atoms with E-state index < -0.39 is 28.5 Å². The Balaban J connectivity index is 2.08. The quantitative estimate of drug-likeness (QED) is 0.426. The Morgan fingerprint density at radius 3 is 2.50 bits per heavy atom. The van der Waals surface area contributed by atoms with Crippen LogP contribution < -0.4 is 9.47 Å². The number of nitro groups is 1. The standard InChI is InChI=1S/C18H18N2O7S/c1-25-14-6-11(12(20(23)24)7-15(14)26-2)17(21)19-9-10-4-5-28-16(10)8-13(19)18(22)27-3/h4-7,13H,8-9H2,1-3H3/t13-/m0/s1. The highest BCUT2D eigenvalue weighted by molar-refractivity contribution is 7.10. The number of nitro benzene ring substituents is 1. The molecule has 0 radical (unpaired) electrons. The summed E-state index contributed by atoms with van der Waals surface area (Å²) in [7, 11) is 3.96. The van der Waals surface area contributed by atoms with Crippen LogP contribution in [0.4, 0.5) is 5.69 Å². The number of rotatable bonds is 5. The number of carbonyl (C=O) groups is 2. The lowest BCUT2D eigenvalue weighted by Crippen LogP contribution is -2.48. The van der Waals surface area contributed by atoms with E-state index in [-0.39, 0.29) is 23.6 Å². The number of thiophene rings is 1. The fourth-order valence-electron chi connectivity index (χ4n) is 3.17. The molecule has 2 aromatic rings. The first-order valence-electron chi connectivity index (χ1n) is 8.25. The Labute approximate surface area is 164 Å². The summed E-state index contributed by atoms with van der Waals surface area (Å²) in [5.41, 5.74) is 0.291. The van der Waals surface area contributed by atoms with Crippen molar-refractivity contribution in [1.82, 2.24) is 4.90 Å². The van der Waals surface area contributed by atoms with Crippen LogP contribution in [0.15, 0.2) is 23.6 Å². The molecule has 1 aromatic carbocycles. The molecule has 1 aliphatic heterocycles. The molecule has 0 saturated carbocycles. The maximum atomic E-state index is 13.3. The van der Waals surface area contributed by atoms with Crippen molar-refractivity contribution >= 4 is 28.9 Å². The maximum absolute atomic E-state index is 13.3. The van der Waals surface area contributed by atoms with Gasteiger partial charge in [0.25, 0.3) is 11.6 Å². The summed E-state index contributed by atoms with van der Waals surface area (Å²) in [5, 5.41) is 13.4. The summed E-state index contributed by atoms with van der Waals surface area (Å²) in [6.07, 6.45) is 0.298. The Morgan fingerprint density at radius 1 is 1.21 bits per heavy atom. The van der Waals surface area contributed by atoms with E-state index in [0.717, 1.165) is 16.5 Å². The van der Waals surface area contributed by atoms with Crippen LogP contribution in [0.3, 0.4) is 0 Å². The predicted octanol–water partition coefficient (Wildman–Crippen LogP) is 2.41.